The van der Waals surface area contributed by atoms with Crippen LogP contribution in [0.2, 0.25) is 0 Å². The molecule has 0 amide bonds. The van der Waals surface area contributed by atoms with Gasteiger partial charge in [0.1, 0.15) is 22.6 Å². The van der Waals surface area contributed by atoms with Crippen LogP contribution in [0.15, 0.2) is 0 Å². The van der Waals surface area contributed by atoms with Crippen LogP contribution in [0.1, 0.15) is 261 Å². The topological polar surface area (TPSA) is 257 Å². The van der Waals surface area contributed by atoms with Gasteiger partial charge >= 0.3 is 49.4 Å². The van der Waals surface area contributed by atoms with Gasteiger partial charge in [-0.1, -0.05) is 209 Å². The molecule has 2 aliphatic heterocycles. The van der Waals surface area contributed by atoms with Crippen LogP contribution >= 0.6 is 0 Å². The molecule has 0 unspecified atom stereocenters. The van der Waals surface area contributed by atoms with E-state index in [0.29, 0.717) is 103 Å². The van der Waals surface area contributed by atoms with Gasteiger partial charge in [-0.2, -0.15) is 105 Å². The average Bonchev–Trinajstić information content (AvgIpc) is 1.55. The van der Waals surface area contributed by atoms with Crippen LogP contribution in [0.3, 0.4) is 0 Å². The van der Waals surface area contributed by atoms with Crippen molar-refractivity contribution in [3.8, 4) is 138 Å². The predicted molar refractivity (Wildman–Crippen MR) is 486 cm³/mol. The molecule has 144 heavy (non-hydrogen) atoms. The number of halogens is 24. The minimum atomic E-state index is -5.45. The molecule has 0 atom stereocenters. The van der Waals surface area contributed by atoms with Crippen molar-refractivity contribution < 1.29 is 181 Å². The largest absolute Gasteiger partial charge is 0.489 e. The second-order valence-corrected chi connectivity index (χ2v) is 34.4. The quantitative estimate of drug-likeness (QED) is 0.0265. The first kappa shape index (κ1) is 117. The fraction of sp³-hybridized carbons (Fsp3) is 0.667. The van der Waals surface area contributed by atoms with E-state index in [-0.39, 0.29) is 103 Å². The van der Waals surface area contributed by atoms with Gasteiger partial charge in [-0.25, -0.2) is 29.9 Å². The van der Waals surface area contributed by atoms with E-state index in [2.05, 4.69) is 9.97 Å². The summed E-state index contributed by atoms with van der Waals surface area (Å²) >= 11 is 0. The van der Waals surface area contributed by atoms with E-state index in [9.17, 15) is 0 Å². The van der Waals surface area contributed by atoms with E-state index in [4.69, 9.17) is 106 Å². The van der Waals surface area contributed by atoms with Crippen molar-refractivity contribution in [3.63, 3.8) is 0 Å². The summed E-state index contributed by atoms with van der Waals surface area (Å²) in [4.78, 5) is 35.6. The predicted octanol–water partition coefficient (Wildman–Crippen LogP) is 30.1. The highest BCUT2D eigenvalue weighted by atomic mass is 19.4. The number of fused-ring (bicyclic) bond motifs is 20. The lowest BCUT2D eigenvalue weighted by atomic mass is 10.0. The molecule has 5 heterocycles. The molecule has 0 spiro atoms. The van der Waals surface area contributed by atoms with Gasteiger partial charge in [0, 0.05) is 0 Å². The number of aromatic nitrogens is 8. The number of nitrogens with one attached hydrogen (secondary N) is 2. The van der Waals surface area contributed by atoms with Crippen LogP contribution in [-0.4, -0.2) is 195 Å². The molecule has 2 N–H and O–H groups in total. The fourth-order valence-corrected chi connectivity index (χ4v) is 15.4. The Kier molecular flexibility index (Phi) is 44.0. The summed E-state index contributed by atoms with van der Waals surface area (Å²) in [7, 11) is 0. The first-order chi connectivity index (χ1) is 68.2. The Hall–Kier alpha value is -10.6. The van der Waals surface area contributed by atoms with Crippen molar-refractivity contribution in [2.24, 2.45) is 0 Å². The summed E-state index contributed by atoms with van der Waals surface area (Å²) in [6.45, 7) is -10.1. The molecule has 8 bridgehead atoms. The zero-order valence-corrected chi connectivity index (χ0v) is 81.2. The summed E-state index contributed by atoms with van der Waals surface area (Å²) in [5, 5.41) is -3.30. The van der Waals surface area contributed by atoms with E-state index in [0.717, 1.165) is 0 Å². The zero-order chi connectivity index (χ0) is 105. The summed E-state index contributed by atoms with van der Waals surface area (Å²) < 4.78 is 466. The van der Waals surface area contributed by atoms with Gasteiger partial charge < -0.3 is 85.8 Å². The summed E-state index contributed by atoms with van der Waals surface area (Å²) in [6, 6.07) is 0. The number of alkyl halides is 24. The molecule has 48 heteroatoms. The maximum atomic E-state index is 15.3. The van der Waals surface area contributed by atoms with Gasteiger partial charge in [0.2, 0.25) is 46.0 Å². The molecule has 4 aromatic carbocycles. The number of hydrogen-bond donors (Lipinski definition) is 2. The number of ether oxygens (including phenoxy) is 16. The molecule has 24 nitrogen and oxygen atoms in total. The molecule has 0 saturated carbocycles. The Balaban J connectivity index is 1.83. The van der Waals surface area contributed by atoms with Gasteiger partial charge in [-0.3, -0.25) is 0 Å². The molecule has 0 aliphatic carbocycles. The molecular formula is C96H122F24N8O16. The summed E-state index contributed by atoms with van der Waals surface area (Å²) in [6.07, 6.45) is -34.6. The lowest BCUT2D eigenvalue weighted by molar-refractivity contribution is -0.158. The van der Waals surface area contributed by atoms with Crippen LogP contribution in [0.4, 0.5) is 105 Å². The Bertz CT molecular complexity index is 4770. The molecule has 810 valence electrons. The van der Waals surface area contributed by atoms with Crippen molar-refractivity contribution >= 4 is 44.1 Å². The number of rotatable bonds is 64. The van der Waals surface area contributed by atoms with Crippen molar-refractivity contribution in [1.29, 1.82) is 0 Å². The van der Waals surface area contributed by atoms with E-state index >= 15 is 105 Å². The molecule has 2 aliphatic rings. The highest BCUT2D eigenvalue weighted by Gasteiger charge is 2.47. The highest BCUT2D eigenvalue weighted by Crippen LogP contribution is 2.64. The zero-order valence-electron chi connectivity index (χ0n) is 81.2. The number of unbranched alkanes of at least 4 members (excludes halogenated alkanes) is 24. The Morgan fingerprint density at radius 1 is 0.160 bits per heavy atom. The Morgan fingerprint density at radius 2 is 0.292 bits per heavy atom. The number of H-pyrrole nitrogens is 2. The van der Waals surface area contributed by atoms with Gasteiger partial charge in [0.15, 0.2) is 122 Å². The van der Waals surface area contributed by atoms with Gasteiger partial charge in [-0.05, 0) is 51.4 Å². The van der Waals surface area contributed by atoms with Crippen molar-refractivity contribution in [1.82, 2.24) is 39.9 Å². The van der Waals surface area contributed by atoms with Gasteiger partial charge in [-0.15, -0.1) is 0 Å². The smallest absolute Gasteiger partial charge is 0.422 e. The van der Waals surface area contributed by atoms with E-state index in [1.807, 2.05) is 0 Å². The van der Waals surface area contributed by atoms with Crippen LogP contribution in [-0.2, 0) is 0 Å². The number of hydrogen-bond acceptors (Lipinski definition) is 22. The number of aromatic amines is 2. The SMILES string of the molecule is CCCCCCOc1c(OCC(F)(F)F)c(OCC(F)(F)F)c(OCCCCCC)c2c1-c1nc-2nc2[nH]c(nc3nc(nc4[nH]c(n1)c1c(OCCCCCC)c(OCC(F)(F)F)c(OCC(F)(F)F)c(OCCCCCC)c41)-c1c(OCCCCCC)c(OCC(F)(F)F)c(OCC(F)(F)F)c(OCCCCCC)c1-3)c1c(OCCCCCC)c(OCC(F)(F)F)c(OCC(F)(F)F)c(OCCCCCC)c21. The van der Waals surface area contributed by atoms with Crippen LogP contribution in [0, 0.1) is 0 Å². The minimum absolute atomic E-state index is 0.0610. The maximum Gasteiger partial charge on any atom is 0.422 e. The molecule has 0 fully saturated rings. The van der Waals surface area contributed by atoms with Crippen LogP contribution < -0.4 is 75.8 Å². The van der Waals surface area contributed by atoms with Crippen molar-refractivity contribution in [2.45, 2.75) is 310 Å². The minimum Gasteiger partial charge on any atom is -0.489 e. The first-order valence-corrected chi connectivity index (χ1v) is 48.6. The molecule has 0 radical (unpaired) electrons. The van der Waals surface area contributed by atoms with Crippen LogP contribution in [0.25, 0.3) is 89.7 Å². The van der Waals surface area contributed by atoms with E-state index < -0.39 is 337 Å². The highest BCUT2D eigenvalue weighted by molar-refractivity contribution is 6.16. The molecule has 3 aromatic heterocycles. The van der Waals surface area contributed by atoms with Gasteiger partial charge in [0.25, 0.3) is 0 Å². The molecule has 7 aromatic rings. The molecule has 9 rings (SSSR count). The Morgan fingerprint density at radius 3 is 0.424 bits per heavy atom. The summed E-state index contributed by atoms with van der Waals surface area (Å²) in [5.41, 5.74) is -7.25. The van der Waals surface area contributed by atoms with Crippen LogP contribution in [0.5, 0.6) is 92.0 Å². The first-order valence-electron chi connectivity index (χ1n) is 48.6. The number of benzene rings is 4. The third kappa shape index (κ3) is 34.8. The standard InChI is InChI=1S/C96H122F24N8O16/c1-9-17-25-33-41-129-65-57-58(66(130-42-34-26-18-10-2)74(138-50-90(100,101)102)73(65)137-49-89(97,98)99)82-121-81(57)125-83-59-60(68(132-44-36-28-20-12-4)76(140-52-92(106,107)108)75(139-51-91(103,104)105)67(59)131-43-35-27-19-11-3)85(122-83)127-87-63-64(72(136-48-40-32-24-16-8)80(144-56-96(118,119)120)79(143-55-95(115,116)117)71(63)135-47-39-31-23-15-7)88(124-87)128-86-62-61(84(123-86)126-82)69(133-45-37-29-21-13-5)77(141-53-93(109,110)111)78(142-54-94(112,113)114)70(62)134-46-38-30-22-14-6/h9-56H2,1-8H3,(H2,121,122,123,124,125,126,127,128). The van der Waals surface area contributed by atoms with E-state index in [1.165, 1.54) is 0 Å². The van der Waals surface area contributed by atoms with Crippen molar-refractivity contribution in [2.75, 3.05) is 106 Å². The van der Waals surface area contributed by atoms with Gasteiger partial charge in [0.05, 0.1) is 96.7 Å². The molecule has 0 saturated heterocycles. The van der Waals surface area contributed by atoms with E-state index in [1.54, 1.807) is 55.4 Å². The maximum absolute atomic E-state index is 15.3. The number of nitrogens with zero attached hydrogens (tertiary/aromatic N) is 6. The van der Waals surface area contributed by atoms with Crippen molar-refractivity contribution in [3.05, 3.63) is 0 Å². The molecular weight excluding hydrogens is 1980 g/mol. The third-order valence-electron chi connectivity index (χ3n) is 21.9. The Labute approximate surface area is 815 Å². The normalized spacial score (nSPS) is 12.7. The summed E-state index contributed by atoms with van der Waals surface area (Å²) in [5.74, 6) is -23.5. The fourth-order valence-electron chi connectivity index (χ4n) is 15.4. The lowest BCUT2D eigenvalue weighted by Crippen LogP contribution is -2.22. The third-order valence-corrected chi connectivity index (χ3v) is 21.9. The average molecular weight is 2100 g/mol. The monoisotopic (exact) mass is 2100 g/mol. The lowest BCUT2D eigenvalue weighted by Gasteiger charge is -2.24. The second kappa shape index (κ2) is 54.2. The second-order valence-electron chi connectivity index (χ2n) is 34.4.